The number of aromatic nitrogens is 3. The summed E-state index contributed by atoms with van der Waals surface area (Å²) in [5.74, 6) is 0.662. The Bertz CT molecular complexity index is 868. The zero-order valence-electron chi connectivity index (χ0n) is 16.7. The molecule has 144 valence electrons. The topological polar surface area (TPSA) is 67.5 Å². The minimum atomic E-state index is 0.458. The van der Waals surface area contributed by atoms with Crippen molar-refractivity contribution in [3.63, 3.8) is 0 Å². The van der Waals surface area contributed by atoms with E-state index in [1.165, 1.54) is 31.4 Å². The smallest absolute Gasteiger partial charge is 0.159 e. The second-order valence-electron chi connectivity index (χ2n) is 7.75. The van der Waals surface area contributed by atoms with Gasteiger partial charge in [-0.25, -0.2) is 9.67 Å². The normalized spacial score (nSPS) is 16.9. The summed E-state index contributed by atoms with van der Waals surface area (Å²) < 4.78 is 1.96. The van der Waals surface area contributed by atoms with Crippen molar-refractivity contribution in [3.05, 3.63) is 18.0 Å². The monoisotopic (exact) mass is 366 g/mol. The van der Waals surface area contributed by atoms with Crippen molar-refractivity contribution in [2.45, 2.75) is 78.3 Å². The van der Waals surface area contributed by atoms with Crippen LogP contribution in [0.25, 0.3) is 11.0 Å². The Morgan fingerprint density at radius 2 is 1.89 bits per heavy atom. The summed E-state index contributed by atoms with van der Waals surface area (Å²) >= 11 is 0. The summed E-state index contributed by atoms with van der Waals surface area (Å²) in [7, 11) is 0. The molecule has 2 aromatic heterocycles. The molecule has 6 nitrogen and oxygen atoms in total. The Labute approximate surface area is 161 Å². The number of pyridine rings is 1. The minimum absolute atomic E-state index is 0.458. The van der Waals surface area contributed by atoms with Gasteiger partial charge >= 0.3 is 0 Å². The fourth-order valence-corrected chi connectivity index (χ4v) is 3.98. The lowest BCUT2D eigenvalue weighted by atomic mass is 10.00. The van der Waals surface area contributed by atoms with E-state index in [9.17, 15) is 0 Å². The standard InChI is InChI=1S/C21H30N6/c1-4-7-15(8-5-2)24-20-16(19-11-18(25-26-19)14-9-10-14)12-22-21-17(20)13-23-27(21)6-3/h12-15H,4-11H2,1-3H3,(H,22,24). The van der Waals surface area contributed by atoms with E-state index in [4.69, 9.17) is 4.98 Å². The highest BCUT2D eigenvalue weighted by Crippen LogP contribution is 2.36. The summed E-state index contributed by atoms with van der Waals surface area (Å²) in [5.41, 5.74) is 5.47. The van der Waals surface area contributed by atoms with E-state index in [0.29, 0.717) is 12.0 Å². The SMILES string of the molecule is CCCC(CCC)Nc1c(C2=NN=C(C3CC3)C2)cnc2c1cnn2CC. The van der Waals surface area contributed by atoms with Gasteiger partial charge < -0.3 is 5.32 Å². The molecule has 0 unspecified atom stereocenters. The minimum Gasteiger partial charge on any atom is -0.381 e. The van der Waals surface area contributed by atoms with Gasteiger partial charge in [0.2, 0.25) is 0 Å². The van der Waals surface area contributed by atoms with Crippen LogP contribution in [0.5, 0.6) is 0 Å². The molecule has 1 fully saturated rings. The first kappa shape index (κ1) is 18.1. The Balaban J connectivity index is 1.71. The zero-order valence-corrected chi connectivity index (χ0v) is 16.7. The molecule has 1 N–H and O–H groups in total. The molecular weight excluding hydrogens is 336 g/mol. The summed E-state index contributed by atoms with van der Waals surface area (Å²) in [6.45, 7) is 7.42. The molecule has 0 bridgehead atoms. The highest BCUT2D eigenvalue weighted by molar-refractivity contribution is 6.20. The number of hydrogen-bond acceptors (Lipinski definition) is 5. The first-order chi connectivity index (χ1) is 13.2. The third-order valence-electron chi connectivity index (χ3n) is 5.60. The molecule has 0 radical (unpaired) electrons. The number of aryl methyl sites for hydroxylation is 1. The van der Waals surface area contributed by atoms with Gasteiger partial charge in [-0.3, -0.25) is 0 Å². The number of hydrogen-bond donors (Lipinski definition) is 1. The highest BCUT2D eigenvalue weighted by atomic mass is 15.3. The largest absolute Gasteiger partial charge is 0.381 e. The fraction of sp³-hybridized carbons (Fsp3) is 0.619. The van der Waals surface area contributed by atoms with E-state index in [1.807, 2.05) is 17.1 Å². The van der Waals surface area contributed by atoms with Gasteiger partial charge in [0.1, 0.15) is 0 Å². The van der Waals surface area contributed by atoms with Crippen LogP contribution in [0.4, 0.5) is 5.69 Å². The summed E-state index contributed by atoms with van der Waals surface area (Å²) in [6, 6.07) is 0.458. The number of anilines is 1. The quantitative estimate of drug-likeness (QED) is 0.694. The molecular formula is C21H30N6. The lowest BCUT2D eigenvalue weighted by Gasteiger charge is -2.21. The molecule has 3 heterocycles. The van der Waals surface area contributed by atoms with Crippen LogP contribution in [0.15, 0.2) is 22.6 Å². The van der Waals surface area contributed by atoms with Crippen molar-refractivity contribution in [1.82, 2.24) is 14.8 Å². The Morgan fingerprint density at radius 1 is 1.11 bits per heavy atom. The average molecular weight is 367 g/mol. The predicted octanol–water partition coefficient (Wildman–Crippen LogP) is 4.79. The molecule has 0 amide bonds. The molecule has 0 saturated heterocycles. The summed E-state index contributed by atoms with van der Waals surface area (Å²) in [4.78, 5) is 4.73. The molecule has 1 saturated carbocycles. The van der Waals surface area contributed by atoms with Crippen LogP contribution in [-0.4, -0.2) is 32.2 Å². The molecule has 0 atom stereocenters. The van der Waals surface area contributed by atoms with Gasteiger partial charge in [-0.2, -0.15) is 15.3 Å². The van der Waals surface area contributed by atoms with E-state index >= 15 is 0 Å². The molecule has 6 heteroatoms. The molecule has 0 spiro atoms. The molecule has 1 aliphatic heterocycles. The average Bonchev–Trinajstić information content (AvgIpc) is 3.25. The maximum Gasteiger partial charge on any atom is 0.159 e. The maximum absolute atomic E-state index is 4.73. The summed E-state index contributed by atoms with van der Waals surface area (Å²) in [5, 5.41) is 18.5. The molecule has 2 aromatic rings. The van der Waals surface area contributed by atoms with Crippen LogP contribution in [0.3, 0.4) is 0 Å². The highest BCUT2D eigenvalue weighted by Gasteiger charge is 2.32. The van der Waals surface area contributed by atoms with E-state index in [-0.39, 0.29) is 0 Å². The first-order valence-corrected chi connectivity index (χ1v) is 10.5. The molecule has 27 heavy (non-hydrogen) atoms. The van der Waals surface area contributed by atoms with Crippen LogP contribution in [0, 0.1) is 5.92 Å². The second kappa shape index (κ2) is 7.79. The van der Waals surface area contributed by atoms with Gasteiger partial charge in [0, 0.05) is 36.5 Å². The van der Waals surface area contributed by atoms with Crippen molar-refractivity contribution in [1.29, 1.82) is 0 Å². The predicted molar refractivity (Wildman–Crippen MR) is 112 cm³/mol. The number of fused-ring (bicyclic) bond motifs is 1. The van der Waals surface area contributed by atoms with E-state index in [2.05, 4.69) is 41.4 Å². The number of rotatable bonds is 9. The van der Waals surface area contributed by atoms with Crippen molar-refractivity contribution in [3.8, 4) is 0 Å². The van der Waals surface area contributed by atoms with Gasteiger partial charge in [-0.05, 0) is 38.5 Å². The Kier molecular flexibility index (Phi) is 5.23. The fourth-order valence-electron chi connectivity index (χ4n) is 3.98. The molecule has 1 aliphatic carbocycles. The van der Waals surface area contributed by atoms with Gasteiger partial charge in [0.25, 0.3) is 0 Å². The van der Waals surface area contributed by atoms with Crippen LogP contribution in [0.1, 0.15) is 71.3 Å². The van der Waals surface area contributed by atoms with Crippen molar-refractivity contribution in [2.75, 3.05) is 5.32 Å². The second-order valence-corrected chi connectivity index (χ2v) is 7.75. The van der Waals surface area contributed by atoms with Crippen LogP contribution >= 0.6 is 0 Å². The first-order valence-electron chi connectivity index (χ1n) is 10.5. The lowest BCUT2D eigenvalue weighted by molar-refractivity contribution is 0.586. The van der Waals surface area contributed by atoms with Gasteiger partial charge in [-0.1, -0.05) is 26.7 Å². The van der Waals surface area contributed by atoms with E-state index < -0.39 is 0 Å². The van der Waals surface area contributed by atoms with Crippen LogP contribution in [0.2, 0.25) is 0 Å². The summed E-state index contributed by atoms with van der Waals surface area (Å²) in [6.07, 6.45) is 12.0. The third kappa shape index (κ3) is 3.62. The molecule has 4 rings (SSSR count). The van der Waals surface area contributed by atoms with Crippen LogP contribution in [-0.2, 0) is 6.54 Å². The van der Waals surface area contributed by atoms with Crippen LogP contribution < -0.4 is 5.32 Å². The lowest BCUT2D eigenvalue weighted by Crippen LogP contribution is -2.21. The third-order valence-corrected chi connectivity index (χ3v) is 5.60. The molecule has 0 aromatic carbocycles. The van der Waals surface area contributed by atoms with Crippen molar-refractivity contribution < 1.29 is 0 Å². The Morgan fingerprint density at radius 3 is 2.56 bits per heavy atom. The number of nitrogens with one attached hydrogen (secondary N) is 1. The van der Waals surface area contributed by atoms with E-state index in [0.717, 1.165) is 53.8 Å². The van der Waals surface area contributed by atoms with Gasteiger partial charge in [0.05, 0.1) is 23.0 Å². The number of nitrogens with zero attached hydrogens (tertiary/aromatic N) is 5. The maximum atomic E-state index is 4.73. The molecule has 2 aliphatic rings. The Hall–Kier alpha value is -2.24. The van der Waals surface area contributed by atoms with Gasteiger partial charge in [0.15, 0.2) is 5.65 Å². The zero-order chi connectivity index (χ0) is 18.8. The van der Waals surface area contributed by atoms with Crippen molar-refractivity contribution >= 4 is 28.1 Å². The van der Waals surface area contributed by atoms with E-state index in [1.54, 1.807) is 0 Å². The van der Waals surface area contributed by atoms with Crippen molar-refractivity contribution in [2.24, 2.45) is 16.1 Å². The van der Waals surface area contributed by atoms with Gasteiger partial charge in [-0.15, -0.1) is 0 Å².